The number of alkyl halides is 2. The Morgan fingerprint density at radius 1 is 1.59 bits per heavy atom. The molecule has 0 aromatic carbocycles. The van der Waals surface area contributed by atoms with Crippen LogP contribution < -0.4 is 0 Å². The number of hydrogen-bond donors (Lipinski definition) is 1. The third kappa shape index (κ3) is 8.06. The number of nitrogens with zero attached hydrogens (tertiary/aromatic N) is 2. The zero-order valence-corrected chi connectivity index (χ0v) is 9.61. The van der Waals surface area contributed by atoms with Gasteiger partial charge in [-0.1, -0.05) is 0 Å². The topological polar surface area (TPSA) is 71.2 Å². The number of halogens is 2. The van der Waals surface area contributed by atoms with Gasteiger partial charge in [0.25, 0.3) is 5.92 Å². The van der Waals surface area contributed by atoms with Crippen LogP contribution in [-0.2, 0) is 9.53 Å². The normalized spacial score (nSPS) is 13.4. The maximum Gasteiger partial charge on any atom is 0.308 e. The molecule has 1 N–H and O–H groups in total. The lowest BCUT2D eigenvalue weighted by molar-refractivity contribution is -0.135. The lowest BCUT2D eigenvalue weighted by atomic mass is 10.4. The van der Waals surface area contributed by atoms with Crippen molar-refractivity contribution >= 4 is 18.9 Å². The van der Waals surface area contributed by atoms with Gasteiger partial charge in [0.05, 0.1) is 12.1 Å². The number of carboxylic acid groups (broad SMARTS) is 1. The van der Waals surface area contributed by atoms with Crippen LogP contribution in [0.2, 0.25) is 0 Å². The summed E-state index contributed by atoms with van der Waals surface area (Å²) in [6.07, 6.45) is 0.708. The molecular formula is C10H14F2N2O3. The summed E-state index contributed by atoms with van der Waals surface area (Å²) in [5, 5.41) is 8.38. The Kier molecular flexibility index (Phi) is 6.01. The van der Waals surface area contributed by atoms with Crippen molar-refractivity contribution in [2.75, 3.05) is 6.61 Å². The minimum absolute atomic E-state index is 0.164. The van der Waals surface area contributed by atoms with Gasteiger partial charge in [-0.15, -0.1) is 0 Å². The molecule has 0 amide bonds. The Bertz CT molecular complexity index is 346. The average molecular weight is 248 g/mol. The number of allylic oxidation sites excluding steroid dienone is 1. The third-order valence-electron chi connectivity index (χ3n) is 1.48. The van der Waals surface area contributed by atoms with E-state index in [0.717, 1.165) is 6.21 Å². The summed E-state index contributed by atoms with van der Waals surface area (Å²) in [4.78, 5) is 17.3. The lowest BCUT2D eigenvalue weighted by Crippen LogP contribution is -2.18. The largest absolute Gasteiger partial charge is 0.481 e. The monoisotopic (exact) mass is 248 g/mol. The number of carboxylic acids is 1. The summed E-state index contributed by atoms with van der Waals surface area (Å²) >= 11 is 0. The smallest absolute Gasteiger partial charge is 0.308 e. The molecule has 0 aromatic heterocycles. The molecule has 0 unspecified atom stereocenters. The van der Waals surface area contributed by atoms with Crippen molar-refractivity contribution in [2.24, 2.45) is 9.98 Å². The fraction of sp³-hybridized carbons (Fsp3) is 0.500. The van der Waals surface area contributed by atoms with Crippen LogP contribution in [0.4, 0.5) is 8.78 Å². The van der Waals surface area contributed by atoms with Gasteiger partial charge in [0.15, 0.2) is 6.61 Å². The summed E-state index contributed by atoms with van der Waals surface area (Å²) in [6.45, 7) is 4.51. The van der Waals surface area contributed by atoms with Gasteiger partial charge in [0, 0.05) is 13.1 Å². The van der Waals surface area contributed by atoms with Crippen LogP contribution in [0.1, 0.15) is 20.3 Å². The molecule has 0 aliphatic heterocycles. The predicted octanol–water partition coefficient (Wildman–Crippen LogP) is 2.09. The van der Waals surface area contributed by atoms with Crippen LogP contribution in [0.25, 0.3) is 0 Å². The summed E-state index contributed by atoms with van der Waals surface area (Å²) in [6, 6.07) is 0. The highest BCUT2D eigenvalue weighted by atomic mass is 19.3. The second kappa shape index (κ2) is 6.72. The van der Waals surface area contributed by atoms with E-state index in [9.17, 15) is 13.6 Å². The number of aliphatic imine (C=N–C) groups is 2. The highest BCUT2D eigenvalue weighted by Gasteiger charge is 2.22. The average Bonchev–Trinajstić information content (AvgIpc) is 2.20. The number of carbonyl (C=O) groups is 1. The Labute approximate surface area is 97.5 Å². The fourth-order valence-corrected chi connectivity index (χ4v) is 0.704. The molecule has 0 atom stereocenters. The first kappa shape index (κ1) is 15.2. The van der Waals surface area contributed by atoms with E-state index in [-0.39, 0.29) is 18.0 Å². The molecule has 7 heteroatoms. The van der Waals surface area contributed by atoms with Gasteiger partial charge in [0.1, 0.15) is 0 Å². The summed E-state index contributed by atoms with van der Waals surface area (Å²) < 4.78 is 29.9. The molecule has 0 heterocycles. The van der Waals surface area contributed by atoms with Gasteiger partial charge in [-0.3, -0.25) is 9.79 Å². The highest BCUT2D eigenvalue weighted by Crippen LogP contribution is 2.16. The van der Waals surface area contributed by atoms with E-state index in [2.05, 4.69) is 16.7 Å². The van der Waals surface area contributed by atoms with Crippen molar-refractivity contribution in [3.05, 3.63) is 11.6 Å². The SMILES string of the molecule is C=N/C(C)=C(\N=CCC(=O)O)OCC(C)(F)F. The van der Waals surface area contributed by atoms with Crippen molar-refractivity contribution in [3.63, 3.8) is 0 Å². The summed E-state index contributed by atoms with van der Waals surface area (Å²) in [7, 11) is 0. The zero-order chi connectivity index (χ0) is 13.5. The zero-order valence-electron chi connectivity index (χ0n) is 9.61. The second-order valence-electron chi connectivity index (χ2n) is 3.32. The van der Waals surface area contributed by atoms with Crippen LogP contribution in [-0.4, -0.2) is 36.5 Å². The van der Waals surface area contributed by atoms with Crippen molar-refractivity contribution in [1.29, 1.82) is 0 Å². The van der Waals surface area contributed by atoms with E-state index in [0.29, 0.717) is 6.92 Å². The number of aliphatic carboxylic acids is 1. The van der Waals surface area contributed by atoms with Gasteiger partial charge in [-0.25, -0.2) is 13.8 Å². The van der Waals surface area contributed by atoms with E-state index < -0.39 is 18.5 Å². The van der Waals surface area contributed by atoms with Gasteiger partial charge in [-0.05, 0) is 13.6 Å². The van der Waals surface area contributed by atoms with Crippen LogP contribution in [0.3, 0.4) is 0 Å². The van der Waals surface area contributed by atoms with Gasteiger partial charge in [0.2, 0.25) is 5.88 Å². The molecular weight excluding hydrogens is 234 g/mol. The molecule has 5 nitrogen and oxygen atoms in total. The van der Waals surface area contributed by atoms with Gasteiger partial charge in [-0.2, -0.15) is 0 Å². The van der Waals surface area contributed by atoms with E-state index in [1.54, 1.807) is 0 Å². The summed E-state index contributed by atoms with van der Waals surface area (Å²) in [5.41, 5.74) is 0.205. The number of hydrogen-bond acceptors (Lipinski definition) is 4. The molecule has 0 bridgehead atoms. The standard InChI is InChI=1S/C10H14F2N2O3/c1-7(13-3)9(14-5-4-8(15)16)17-6-10(2,11)12/h5H,3-4,6H2,1-2H3,(H,15,16)/b9-7+,14-5?. The molecule has 0 aliphatic rings. The van der Waals surface area contributed by atoms with Crippen molar-refractivity contribution in [1.82, 2.24) is 0 Å². The number of ether oxygens (including phenoxy) is 1. The molecule has 0 aromatic rings. The maximum atomic E-state index is 12.6. The van der Waals surface area contributed by atoms with Crippen LogP contribution in [0.15, 0.2) is 21.6 Å². The molecule has 0 saturated heterocycles. The summed E-state index contributed by atoms with van der Waals surface area (Å²) in [5.74, 6) is -4.25. The fourth-order valence-electron chi connectivity index (χ4n) is 0.704. The van der Waals surface area contributed by atoms with Crippen molar-refractivity contribution < 1.29 is 23.4 Å². The molecule has 0 aliphatic carbocycles. The Morgan fingerprint density at radius 2 is 2.18 bits per heavy atom. The third-order valence-corrected chi connectivity index (χ3v) is 1.48. The van der Waals surface area contributed by atoms with Crippen LogP contribution in [0.5, 0.6) is 0 Å². The van der Waals surface area contributed by atoms with E-state index in [1.807, 2.05) is 0 Å². The predicted molar refractivity (Wildman–Crippen MR) is 59.6 cm³/mol. The van der Waals surface area contributed by atoms with E-state index >= 15 is 0 Å². The first-order valence-electron chi connectivity index (χ1n) is 4.69. The Hall–Kier alpha value is -1.79. The molecule has 96 valence electrons. The molecule has 17 heavy (non-hydrogen) atoms. The first-order chi connectivity index (χ1) is 7.76. The number of rotatable bonds is 7. The van der Waals surface area contributed by atoms with Crippen LogP contribution in [0, 0.1) is 0 Å². The molecule has 0 fully saturated rings. The van der Waals surface area contributed by atoms with Gasteiger partial charge < -0.3 is 9.84 Å². The van der Waals surface area contributed by atoms with Crippen molar-refractivity contribution in [2.45, 2.75) is 26.2 Å². The van der Waals surface area contributed by atoms with Crippen LogP contribution >= 0.6 is 0 Å². The molecule has 0 rings (SSSR count). The lowest BCUT2D eigenvalue weighted by Gasteiger charge is -2.12. The minimum Gasteiger partial charge on any atom is -0.481 e. The second-order valence-corrected chi connectivity index (χ2v) is 3.32. The molecule has 0 saturated carbocycles. The van der Waals surface area contributed by atoms with E-state index in [1.165, 1.54) is 6.92 Å². The minimum atomic E-state index is -3.00. The first-order valence-corrected chi connectivity index (χ1v) is 4.69. The van der Waals surface area contributed by atoms with Gasteiger partial charge >= 0.3 is 5.97 Å². The molecule has 0 spiro atoms. The highest BCUT2D eigenvalue weighted by molar-refractivity contribution is 5.84. The quantitative estimate of drug-likeness (QED) is 0.554. The van der Waals surface area contributed by atoms with E-state index in [4.69, 9.17) is 9.84 Å². The maximum absolute atomic E-state index is 12.6. The molecule has 0 radical (unpaired) electrons. The van der Waals surface area contributed by atoms with Crippen molar-refractivity contribution in [3.8, 4) is 0 Å². The Morgan fingerprint density at radius 3 is 2.59 bits per heavy atom. The Balaban J connectivity index is 4.63.